The first-order valence-electron chi connectivity index (χ1n) is 7.35. The standard InChI is InChI=1S/C16H22N2O4/c1-16(2,3)22-15(21)18-10-12(8-13(18)14(19)20)7-11-5-4-6-17-9-11/h4-6,9,12-13H,7-8,10H2,1-3H3,(H,19,20)/p-1/t12-,13+/m1/s1. The predicted octanol–water partition coefficient (Wildman–Crippen LogP) is 1.000. The Hall–Kier alpha value is -2.11. The molecule has 0 unspecified atom stereocenters. The highest BCUT2D eigenvalue weighted by Crippen LogP contribution is 2.27. The monoisotopic (exact) mass is 305 g/mol. The van der Waals surface area contributed by atoms with Crippen molar-refractivity contribution in [2.24, 2.45) is 5.92 Å². The minimum atomic E-state index is -1.24. The fourth-order valence-electron chi connectivity index (χ4n) is 2.67. The highest BCUT2D eigenvalue weighted by Gasteiger charge is 2.38. The molecule has 1 fully saturated rings. The number of likely N-dealkylation sites (tertiary alicyclic amines) is 1. The number of carboxylic acids is 1. The van der Waals surface area contributed by atoms with Gasteiger partial charge < -0.3 is 14.6 Å². The topological polar surface area (TPSA) is 82.6 Å². The number of amides is 1. The molecule has 6 nitrogen and oxygen atoms in total. The van der Waals surface area contributed by atoms with Gasteiger partial charge in [0.1, 0.15) is 5.60 Å². The summed E-state index contributed by atoms with van der Waals surface area (Å²) in [6, 6.07) is 2.85. The number of nitrogens with zero attached hydrogens (tertiary/aromatic N) is 2. The highest BCUT2D eigenvalue weighted by atomic mass is 16.6. The van der Waals surface area contributed by atoms with Crippen molar-refractivity contribution in [2.75, 3.05) is 6.54 Å². The average Bonchev–Trinajstić information content (AvgIpc) is 2.82. The molecule has 0 spiro atoms. The fraction of sp³-hybridized carbons (Fsp3) is 0.562. The molecule has 2 atom stereocenters. The molecule has 1 amide bonds. The van der Waals surface area contributed by atoms with E-state index in [1.165, 1.54) is 4.90 Å². The lowest BCUT2D eigenvalue weighted by molar-refractivity contribution is -0.310. The molecule has 2 heterocycles. The van der Waals surface area contributed by atoms with Crippen LogP contribution in [0.15, 0.2) is 24.5 Å². The summed E-state index contributed by atoms with van der Waals surface area (Å²) in [5.74, 6) is -1.18. The number of rotatable bonds is 3. The van der Waals surface area contributed by atoms with E-state index in [0.717, 1.165) is 5.56 Å². The Kier molecular flexibility index (Phi) is 4.68. The number of aromatic nitrogens is 1. The zero-order chi connectivity index (χ0) is 16.3. The maximum absolute atomic E-state index is 12.2. The molecular formula is C16H21N2O4-. The van der Waals surface area contributed by atoms with Crippen molar-refractivity contribution in [3.8, 4) is 0 Å². The second-order valence-corrected chi connectivity index (χ2v) is 6.63. The molecule has 22 heavy (non-hydrogen) atoms. The molecule has 0 N–H and O–H groups in total. The maximum atomic E-state index is 12.2. The second-order valence-electron chi connectivity index (χ2n) is 6.63. The van der Waals surface area contributed by atoms with Gasteiger partial charge in [0.2, 0.25) is 0 Å². The van der Waals surface area contributed by atoms with E-state index in [1.807, 2.05) is 12.1 Å². The molecule has 1 aromatic rings. The number of carbonyl (C=O) groups is 2. The molecule has 6 heteroatoms. The van der Waals surface area contributed by atoms with Crippen LogP contribution in [0.1, 0.15) is 32.8 Å². The largest absolute Gasteiger partial charge is 0.548 e. The molecule has 0 bridgehead atoms. The Balaban J connectivity index is 2.06. The normalized spacial score (nSPS) is 21.7. The Labute approximate surface area is 130 Å². The van der Waals surface area contributed by atoms with Gasteiger partial charge in [-0.25, -0.2) is 4.79 Å². The van der Waals surface area contributed by atoms with Crippen molar-refractivity contribution < 1.29 is 19.4 Å². The first-order chi connectivity index (χ1) is 10.3. The van der Waals surface area contributed by atoms with Crippen LogP contribution in [0.25, 0.3) is 0 Å². The summed E-state index contributed by atoms with van der Waals surface area (Å²) in [5, 5.41) is 11.3. The van der Waals surface area contributed by atoms with E-state index >= 15 is 0 Å². The van der Waals surface area contributed by atoms with Crippen LogP contribution in [0.3, 0.4) is 0 Å². The summed E-state index contributed by atoms with van der Waals surface area (Å²) in [5.41, 5.74) is 0.366. The zero-order valence-electron chi connectivity index (χ0n) is 13.1. The minimum Gasteiger partial charge on any atom is -0.548 e. The van der Waals surface area contributed by atoms with Crippen LogP contribution in [0.2, 0.25) is 0 Å². The van der Waals surface area contributed by atoms with Gasteiger partial charge in [0, 0.05) is 18.9 Å². The molecule has 1 aliphatic rings. The van der Waals surface area contributed by atoms with Gasteiger partial charge >= 0.3 is 6.09 Å². The lowest BCUT2D eigenvalue weighted by atomic mass is 9.98. The van der Waals surface area contributed by atoms with Gasteiger partial charge in [-0.15, -0.1) is 0 Å². The molecule has 120 valence electrons. The number of hydrogen-bond acceptors (Lipinski definition) is 5. The Morgan fingerprint density at radius 2 is 2.18 bits per heavy atom. The Morgan fingerprint density at radius 1 is 1.45 bits per heavy atom. The van der Waals surface area contributed by atoms with Crippen LogP contribution < -0.4 is 5.11 Å². The number of aliphatic carboxylic acids is 1. The molecule has 0 aromatic carbocycles. The smallest absolute Gasteiger partial charge is 0.410 e. The maximum Gasteiger partial charge on any atom is 0.410 e. The Morgan fingerprint density at radius 3 is 2.73 bits per heavy atom. The van der Waals surface area contributed by atoms with E-state index in [1.54, 1.807) is 33.2 Å². The van der Waals surface area contributed by atoms with Crippen molar-refractivity contribution >= 4 is 12.1 Å². The van der Waals surface area contributed by atoms with Crippen molar-refractivity contribution in [1.82, 2.24) is 9.88 Å². The highest BCUT2D eigenvalue weighted by molar-refractivity contribution is 5.79. The van der Waals surface area contributed by atoms with Crippen LogP contribution in [0.4, 0.5) is 4.79 Å². The number of pyridine rings is 1. The van der Waals surface area contributed by atoms with Gasteiger partial charge in [0.25, 0.3) is 0 Å². The molecule has 2 rings (SSSR count). The number of hydrogen-bond donors (Lipinski definition) is 0. The molecule has 0 aliphatic carbocycles. The third-order valence-electron chi connectivity index (χ3n) is 3.53. The Bertz CT molecular complexity index is 539. The van der Waals surface area contributed by atoms with Gasteiger partial charge in [0.15, 0.2) is 0 Å². The molecule has 0 saturated carbocycles. The van der Waals surface area contributed by atoms with Gasteiger partial charge in [-0.2, -0.15) is 0 Å². The second kappa shape index (κ2) is 6.34. The average molecular weight is 305 g/mol. The third kappa shape index (κ3) is 4.19. The first kappa shape index (κ1) is 16.3. The van der Waals surface area contributed by atoms with E-state index < -0.39 is 23.7 Å². The SMILES string of the molecule is CC(C)(C)OC(=O)N1C[C@H](Cc2cccnc2)C[C@H]1C(=O)[O-]. The molecular weight excluding hydrogens is 284 g/mol. The zero-order valence-corrected chi connectivity index (χ0v) is 13.1. The van der Waals surface area contributed by atoms with Crippen LogP contribution in [0.5, 0.6) is 0 Å². The summed E-state index contributed by atoms with van der Waals surface area (Å²) in [6.45, 7) is 5.61. The summed E-state index contributed by atoms with van der Waals surface area (Å²) in [4.78, 5) is 28.8. The van der Waals surface area contributed by atoms with Gasteiger partial charge in [-0.3, -0.25) is 9.88 Å². The van der Waals surface area contributed by atoms with E-state index in [0.29, 0.717) is 19.4 Å². The van der Waals surface area contributed by atoms with Crippen LogP contribution >= 0.6 is 0 Å². The number of ether oxygens (including phenoxy) is 1. The van der Waals surface area contributed by atoms with Crippen molar-refractivity contribution in [2.45, 2.75) is 45.3 Å². The van der Waals surface area contributed by atoms with E-state index in [9.17, 15) is 14.7 Å². The molecule has 1 saturated heterocycles. The van der Waals surface area contributed by atoms with E-state index in [2.05, 4.69) is 4.98 Å². The summed E-state index contributed by atoms with van der Waals surface area (Å²) in [6.07, 6.45) is 3.89. The number of carbonyl (C=O) groups excluding carboxylic acids is 2. The van der Waals surface area contributed by atoms with E-state index in [4.69, 9.17) is 4.74 Å². The van der Waals surface area contributed by atoms with Gasteiger partial charge in [-0.05, 0) is 51.2 Å². The first-order valence-corrected chi connectivity index (χ1v) is 7.35. The van der Waals surface area contributed by atoms with Crippen molar-refractivity contribution in [1.29, 1.82) is 0 Å². The van der Waals surface area contributed by atoms with Crippen molar-refractivity contribution in [3.05, 3.63) is 30.1 Å². The van der Waals surface area contributed by atoms with Gasteiger partial charge in [0.05, 0.1) is 12.0 Å². The lowest BCUT2D eigenvalue weighted by Gasteiger charge is -2.28. The fourth-order valence-corrected chi connectivity index (χ4v) is 2.67. The van der Waals surface area contributed by atoms with Crippen LogP contribution in [0, 0.1) is 5.92 Å². The lowest BCUT2D eigenvalue weighted by Crippen LogP contribution is -2.48. The van der Waals surface area contributed by atoms with E-state index in [-0.39, 0.29) is 5.92 Å². The number of carboxylic acid groups (broad SMARTS) is 1. The summed E-state index contributed by atoms with van der Waals surface area (Å²) in [7, 11) is 0. The molecule has 1 aromatic heterocycles. The van der Waals surface area contributed by atoms with Crippen LogP contribution in [-0.4, -0.2) is 40.1 Å². The minimum absolute atomic E-state index is 0.0552. The summed E-state index contributed by atoms with van der Waals surface area (Å²) < 4.78 is 5.28. The molecule has 1 aliphatic heterocycles. The predicted molar refractivity (Wildman–Crippen MR) is 77.8 cm³/mol. The quantitative estimate of drug-likeness (QED) is 0.832. The summed E-state index contributed by atoms with van der Waals surface area (Å²) >= 11 is 0. The van der Waals surface area contributed by atoms with Crippen molar-refractivity contribution in [3.63, 3.8) is 0 Å². The third-order valence-corrected chi connectivity index (χ3v) is 3.53. The van der Waals surface area contributed by atoms with Crippen LogP contribution in [-0.2, 0) is 16.0 Å². The molecule has 0 radical (unpaired) electrons. The van der Waals surface area contributed by atoms with Gasteiger partial charge in [-0.1, -0.05) is 6.07 Å².